The van der Waals surface area contributed by atoms with Crippen LogP contribution >= 0.6 is 0 Å². The van der Waals surface area contributed by atoms with Crippen molar-refractivity contribution in [1.82, 2.24) is 10.2 Å². The number of esters is 1. The van der Waals surface area contributed by atoms with Crippen LogP contribution in [-0.4, -0.2) is 42.6 Å². The van der Waals surface area contributed by atoms with E-state index >= 15 is 0 Å². The van der Waals surface area contributed by atoms with Crippen LogP contribution in [0.5, 0.6) is 0 Å². The monoisotopic (exact) mass is 302 g/mol. The first-order valence-electron chi connectivity index (χ1n) is 8.09. The zero-order chi connectivity index (χ0) is 15.9. The Balaban J connectivity index is 1.64. The molecule has 0 unspecified atom stereocenters. The molecule has 4 heteroatoms. The summed E-state index contributed by atoms with van der Waals surface area (Å²) in [6.45, 7) is 12.7. The van der Waals surface area contributed by atoms with Gasteiger partial charge in [0.25, 0.3) is 0 Å². The molecule has 0 amide bonds. The molecule has 0 spiro atoms. The lowest BCUT2D eigenvalue weighted by atomic mass is 9.87. The first-order valence-corrected chi connectivity index (χ1v) is 8.09. The fourth-order valence-electron chi connectivity index (χ4n) is 3.68. The van der Waals surface area contributed by atoms with Gasteiger partial charge in [0, 0.05) is 45.6 Å². The van der Waals surface area contributed by atoms with E-state index in [1.807, 2.05) is 6.92 Å². The molecule has 2 heterocycles. The van der Waals surface area contributed by atoms with E-state index in [0.29, 0.717) is 5.92 Å². The van der Waals surface area contributed by atoms with Gasteiger partial charge in [0.2, 0.25) is 0 Å². The maximum absolute atomic E-state index is 11.1. The summed E-state index contributed by atoms with van der Waals surface area (Å²) < 4.78 is 5.38. The fourth-order valence-corrected chi connectivity index (χ4v) is 3.68. The van der Waals surface area contributed by atoms with Gasteiger partial charge in [-0.1, -0.05) is 12.1 Å². The van der Waals surface area contributed by atoms with Crippen molar-refractivity contribution in [1.29, 1.82) is 0 Å². The Kier molecular flexibility index (Phi) is 4.00. The summed E-state index contributed by atoms with van der Waals surface area (Å²) in [6, 6.07) is 4.70. The van der Waals surface area contributed by atoms with E-state index in [1.165, 1.54) is 29.2 Å². The highest BCUT2D eigenvalue weighted by atomic mass is 16.6. The van der Waals surface area contributed by atoms with Crippen LogP contribution in [0, 0.1) is 13.8 Å². The van der Waals surface area contributed by atoms with Gasteiger partial charge in [-0.2, -0.15) is 0 Å². The molecule has 0 radical (unpaired) electrons. The number of nitrogens with zero attached hydrogens (tertiary/aromatic N) is 1. The van der Waals surface area contributed by atoms with Gasteiger partial charge in [0.15, 0.2) is 0 Å². The van der Waals surface area contributed by atoms with Crippen molar-refractivity contribution in [3.8, 4) is 0 Å². The number of ether oxygens (including phenoxy) is 1. The SMILES string of the molecule is CC(=O)OC1(C)CN(Cc2cc(C)c(C3CNC3)cc2C)C1. The number of likely N-dealkylation sites (tertiary alicyclic amines) is 1. The van der Waals surface area contributed by atoms with Crippen molar-refractivity contribution in [2.24, 2.45) is 0 Å². The highest BCUT2D eigenvalue weighted by molar-refractivity contribution is 5.66. The zero-order valence-corrected chi connectivity index (χ0v) is 14.0. The second-order valence-corrected chi connectivity index (χ2v) is 7.18. The molecular formula is C18H26N2O2. The minimum Gasteiger partial charge on any atom is -0.457 e. The zero-order valence-electron chi connectivity index (χ0n) is 14.0. The molecule has 2 saturated heterocycles. The Morgan fingerprint density at radius 1 is 1.32 bits per heavy atom. The molecular weight excluding hydrogens is 276 g/mol. The van der Waals surface area contributed by atoms with Gasteiger partial charge in [0.05, 0.1) is 0 Å². The Morgan fingerprint density at radius 3 is 2.55 bits per heavy atom. The van der Waals surface area contributed by atoms with Crippen LogP contribution in [-0.2, 0) is 16.1 Å². The Hall–Kier alpha value is -1.39. The van der Waals surface area contributed by atoms with Crippen molar-refractivity contribution in [2.75, 3.05) is 26.2 Å². The Bertz CT molecular complexity index is 587. The summed E-state index contributed by atoms with van der Waals surface area (Å²) in [5, 5.41) is 3.35. The number of carbonyl (C=O) groups is 1. The third-order valence-corrected chi connectivity index (χ3v) is 4.85. The molecule has 3 rings (SSSR count). The summed E-state index contributed by atoms with van der Waals surface area (Å²) in [6.07, 6.45) is 0. The summed E-state index contributed by atoms with van der Waals surface area (Å²) >= 11 is 0. The quantitative estimate of drug-likeness (QED) is 0.865. The third-order valence-electron chi connectivity index (χ3n) is 4.85. The molecule has 2 aliphatic heterocycles. The van der Waals surface area contributed by atoms with Crippen LogP contribution in [0.15, 0.2) is 12.1 Å². The van der Waals surface area contributed by atoms with Gasteiger partial charge in [-0.15, -0.1) is 0 Å². The highest BCUT2D eigenvalue weighted by Crippen LogP contribution is 2.30. The largest absolute Gasteiger partial charge is 0.457 e. The lowest BCUT2D eigenvalue weighted by molar-refractivity contribution is -0.174. The van der Waals surface area contributed by atoms with Crippen LogP contribution in [0.2, 0.25) is 0 Å². The van der Waals surface area contributed by atoms with Crippen molar-refractivity contribution in [2.45, 2.75) is 45.8 Å². The van der Waals surface area contributed by atoms with E-state index in [1.54, 1.807) is 0 Å². The van der Waals surface area contributed by atoms with Gasteiger partial charge >= 0.3 is 5.97 Å². The molecule has 0 aromatic heterocycles. The van der Waals surface area contributed by atoms with Crippen molar-refractivity contribution >= 4 is 5.97 Å². The second kappa shape index (κ2) is 5.67. The van der Waals surface area contributed by atoms with Gasteiger partial charge < -0.3 is 10.1 Å². The van der Waals surface area contributed by atoms with E-state index in [-0.39, 0.29) is 11.6 Å². The molecule has 0 atom stereocenters. The third kappa shape index (κ3) is 3.03. The average Bonchev–Trinajstić information content (AvgIpc) is 2.30. The standard InChI is InChI=1S/C18H26N2O2/c1-12-6-17(16-7-19-8-16)13(2)5-15(12)9-20-10-18(4,11-20)22-14(3)21/h5-6,16,19H,7-11H2,1-4H3. The summed E-state index contributed by atoms with van der Waals surface area (Å²) in [7, 11) is 0. The smallest absolute Gasteiger partial charge is 0.303 e. The van der Waals surface area contributed by atoms with Gasteiger partial charge in [-0.3, -0.25) is 9.69 Å². The number of hydrogen-bond acceptors (Lipinski definition) is 4. The van der Waals surface area contributed by atoms with Crippen LogP contribution in [0.25, 0.3) is 0 Å². The van der Waals surface area contributed by atoms with Crippen LogP contribution in [0.4, 0.5) is 0 Å². The maximum Gasteiger partial charge on any atom is 0.303 e. The molecule has 1 aromatic rings. The molecule has 1 aromatic carbocycles. The first kappa shape index (κ1) is 15.5. The summed E-state index contributed by atoms with van der Waals surface area (Å²) in [5.74, 6) is 0.497. The predicted octanol–water partition coefficient (Wildman–Crippen LogP) is 2.13. The molecule has 2 aliphatic rings. The molecule has 2 fully saturated rings. The van der Waals surface area contributed by atoms with Gasteiger partial charge in [-0.05, 0) is 43.0 Å². The number of carbonyl (C=O) groups excluding carboxylic acids is 1. The van der Waals surface area contributed by atoms with Gasteiger partial charge in [0.1, 0.15) is 5.60 Å². The summed E-state index contributed by atoms with van der Waals surface area (Å²) in [5.41, 5.74) is 5.35. The van der Waals surface area contributed by atoms with Crippen LogP contribution in [0.3, 0.4) is 0 Å². The lowest BCUT2D eigenvalue weighted by Gasteiger charge is -2.47. The second-order valence-electron chi connectivity index (χ2n) is 7.18. The maximum atomic E-state index is 11.1. The Morgan fingerprint density at radius 2 is 2.00 bits per heavy atom. The lowest BCUT2D eigenvalue weighted by Crippen LogP contribution is -2.61. The first-order chi connectivity index (χ1) is 10.4. The average molecular weight is 302 g/mol. The van der Waals surface area contributed by atoms with Crippen molar-refractivity contribution in [3.05, 3.63) is 34.4 Å². The molecule has 0 aliphatic carbocycles. The van der Waals surface area contributed by atoms with E-state index < -0.39 is 0 Å². The molecule has 22 heavy (non-hydrogen) atoms. The molecule has 0 bridgehead atoms. The number of hydrogen-bond donors (Lipinski definition) is 1. The van der Waals surface area contributed by atoms with E-state index in [4.69, 9.17) is 4.74 Å². The molecule has 4 nitrogen and oxygen atoms in total. The van der Waals surface area contributed by atoms with Crippen molar-refractivity contribution < 1.29 is 9.53 Å². The number of aryl methyl sites for hydroxylation is 2. The molecule has 0 saturated carbocycles. The normalized spacial score (nSPS) is 21.1. The van der Waals surface area contributed by atoms with Crippen molar-refractivity contribution in [3.63, 3.8) is 0 Å². The minimum atomic E-state index is -0.299. The summed E-state index contributed by atoms with van der Waals surface area (Å²) in [4.78, 5) is 13.4. The molecule has 1 N–H and O–H groups in total. The van der Waals surface area contributed by atoms with E-state index in [0.717, 1.165) is 32.7 Å². The number of benzene rings is 1. The highest BCUT2D eigenvalue weighted by Gasteiger charge is 2.41. The Labute approximate surface area is 132 Å². The van der Waals surface area contributed by atoms with E-state index in [2.05, 4.69) is 36.2 Å². The van der Waals surface area contributed by atoms with Gasteiger partial charge in [-0.25, -0.2) is 0 Å². The fraction of sp³-hybridized carbons (Fsp3) is 0.611. The minimum absolute atomic E-state index is 0.187. The van der Waals surface area contributed by atoms with Crippen LogP contribution < -0.4 is 5.32 Å². The predicted molar refractivity (Wildman–Crippen MR) is 87.0 cm³/mol. The number of nitrogens with one attached hydrogen (secondary N) is 1. The topological polar surface area (TPSA) is 41.6 Å². The van der Waals surface area contributed by atoms with Crippen LogP contribution in [0.1, 0.15) is 42.0 Å². The molecule has 120 valence electrons. The van der Waals surface area contributed by atoms with E-state index in [9.17, 15) is 4.79 Å². The number of rotatable bonds is 4.